The Morgan fingerprint density at radius 2 is 1.69 bits per heavy atom. The third kappa shape index (κ3) is 2.79. The van der Waals surface area contributed by atoms with Crippen LogP contribution in [-0.4, -0.2) is 34.6 Å². The Morgan fingerprint density at radius 3 is 2.42 bits per heavy atom. The molecule has 0 aliphatic carbocycles. The smallest absolute Gasteiger partial charge is 0.206 e. The molecule has 2 aromatic carbocycles. The molecular formula is C19H20F2N2O2S. The first-order valence-corrected chi connectivity index (χ1v) is 10.1. The summed E-state index contributed by atoms with van der Waals surface area (Å²) in [5.74, 6) is -1.55. The van der Waals surface area contributed by atoms with Crippen LogP contribution in [0.2, 0.25) is 0 Å². The van der Waals surface area contributed by atoms with E-state index in [9.17, 15) is 17.2 Å². The average Bonchev–Trinajstić information content (AvgIpc) is 2.77. The third-order valence-electron chi connectivity index (χ3n) is 5.45. The van der Waals surface area contributed by atoms with Gasteiger partial charge in [-0.25, -0.2) is 17.2 Å². The average molecular weight is 378 g/mol. The molecule has 7 heteroatoms. The van der Waals surface area contributed by atoms with Crippen LogP contribution < -0.4 is 10.2 Å². The Morgan fingerprint density at radius 1 is 1.00 bits per heavy atom. The highest BCUT2D eigenvalue weighted by Crippen LogP contribution is 2.45. The van der Waals surface area contributed by atoms with E-state index in [-0.39, 0.29) is 15.7 Å². The fraction of sp³-hybridized carbons (Fsp3) is 0.368. The molecule has 4 nitrogen and oxygen atoms in total. The number of halogens is 2. The van der Waals surface area contributed by atoms with E-state index in [0.29, 0.717) is 12.1 Å². The summed E-state index contributed by atoms with van der Waals surface area (Å²) in [6.07, 6.45) is 1.92. The van der Waals surface area contributed by atoms with Gasteiger partial charge in [0.25, 0.3) is 0 Å². The number of benzene rings is 2. The number of hydrogen-bond donors (Lipinski definition) is 1. The Balaban J connectivity index is 1.79. The van der Waals surface area contributed by atoms with Crippen LogP contribution in [0.4, 0.5) is 14.5 Å². The van der Waals surface area contributed by atoms with Gasteiger partial charge in [0.05, 0.1) is 9.79 Å². The molecule has 2 heterocycles. The summed E-state index contributed by atoms with van der Waals surface area (Å²) >= 11 is 0. The van der Waals surface area contributed by atoms with Gasteiger partial charge >= 0.3 is 0 Å². The molecule has 0 radical (unpaired) electrons. The minimum Gasteiger partial charge on any atom is -0.371 e. The summed E-state index contributed by atoms with van der Waals surface area (Å²) in [7, 11) is -1.95. The lowest BCUT2D eigenvalue weighted by atomic mass is 9.91. The lowest BCUT2D eigenvalue weighted by Gasteiger charge is -2.24. The van der Waals surface area contributed by atoms with Crippen molar-refractivity contribution in [3.63, 3.8) is 0 Å². The second-order valence-electron chi connectivity index (χ2n) is 6.94. The molecule has 0 unspecified atom stereocenters. The molecule has 4 rings (SSSR count). The zero-order valence-corrected chi connectivity index (χ0v) is 15.2. The number of fused-ring (bicyclic) bond motifs is 3. The standard InChI is InChI=1S/C19H20F2N2O2S/c1-23-18-3-2-14(11-17(18)16-4-6-22-7-5-19(16)23)26(24,25)15-9-12(20)8-13(21)10-15/h2-3,8-11,16,19,22H,4-7H2,1H3/t16-,19+/m1/s1. The van der Waals surface area contributed by atoms with Gasteiger partial charge < -0.3 is 10.2 Å². The van der Waals surface area contributed by atoms with Crippen LogP contribution in [0.25, 0.3) is 0 Å². The number of nitrogens with one attached hydrogen (secondary N) is 1. The Kier molecular flexibility index (Phi) is 4.23. The molecule has 0 spiro atoms. The van der Waals surface area contributed by atoms with Gasteiger partial charge in [0.2, 0.25) is 9.84 Å². The van der Waals surface area contributed by atoms with Gasteiger partial charge in [-0.3, -0.25) is 0 Å². The molecule has 0 amide bonds. The predicted molar refractivity (Wildman–Crippen MR) is 95.3 cm³/mol. The summed E-state index contributed by atoms with van der Waals surface area (Å²) in [5, 5.41) is 3.38. The zero-order valence-electron chi connectivity index (χ0n) is 14.4. The van der Waals surface area contributed by atoms with Crippen LogP contribution in [0.1, 0.15) is 24.3 Å². The molecule has 26 heavy (non-hydrogen) atoms. The highest BCUT2D eigenvalue weighted by Gasteiger charge is 2.37. The second kappa shape index (κ2) is 6.32. The van der Waals surface area contributed by atoms with Crippen molar-refractivity contribution in [1.29, 1.82) is 0 Å². The van der Waals surface area contributed by atoms with Gasteiger partial charge in [-0.2, -0.15) is 0 Å². The largest absolute Gasteiger partial charge is 0.371 e. The summed E-state index contributed by atoms with van der Waals surface area (Å²) in [6.45, 7) is 1.83. The van der Waals surface area contributed by atoms with E-state index in [1.165, 1.54) is 6.07 Å². The van der Waals surface area contributed by atoms with Gasteiger partial charge in [-0.15, -0.1) is 0 Å². The van der Waals surface area contributed by atoms with Crippen LogP contribution in [0.15, 0.2) is 46.2 Å². The lowest BCUT2D eigenvalue weighted by molar-refractivity contribution is 0.531. The van der Waals surface area contributed by atoms with Crippen molar-refractivity contribution < 1.29 is 17.2 Å². The normalized spacial score (nSPS) is 22.7. The van der Waals surface area contributed by atoms with E-state index in [1.54, 1.807) is 12.1 Å². The van der Waals surface area contributed by atoms with Crippen LogP contribution >= 0.6 is 0 Å². The highest BCUT2D eigenvalue weighted by atomic mass is 32.2. The first-order chi connectivity index (χ1) is 12.4. The van der Waals surface area contributed by atoms with E-state index in [4.69, 9.17) is 0 Å². The molecule has 2 aliphatic heterocycles. The van der Waals surface area contributed by atoms with E-state index >= 15 is 0 Å². The SMILES string of the molecule is CN1c2ccc(S(=O)(=O)c3cc(F)cc(F)c3)cc2[C@H]2CCNCC[C@@H]21. The number of rotatable bonds is 2. The first-order valence-electron chi connectivity index (χ1n) is 8.66. The topological polar surface area (TPSA) is 49.4 Å². The summed E-state index contributed by atoms with van der Waals surface area (Å²) in [4.78, 5) is 1.93. The van der Waals surface area contributed by atoms with Crippen LogP contribution in [0.3, 0.4) is 0 Å². The molecule has 138 valence electrons. The Labute approximate surface area is 151 Å². The quantitative estimate of drug-likeness (QED) is 0.873. The lowest BCUT2D eigenvalue weighted by Crippen LogP contribution is -2.30. The van der Waals surface area contributed by atoms with Crippen molar-refractivity contribution in [3.8, 4) is 0 Å². The number of nitrogens with zero attached hydrogens (tertiary/aromatic N) is 1. The molecule has 1 N–H and O–H groups in total. The van der Waals surface area contributed by atoms with Crippen molar-refractivity contribution in [1.82, 2.24) is 5.32 Å². The van der Waals surface area contributed by atoms with Crippen LogP contribution in [0, 0.1) is 11.6 Å². The monoisotopic (exact) mass is 378 g/mol. The summed E-state index contributed by atoms with van der Waals surface area (Å²) in [6, 6.07) is 7.73. The van der Waals surface area contributed by atoms with Crippen molar-refractivity contribution in [2.45, 2.75) is 34.6 Å². The molecule has 0 saturated carbocycles. The Hall–Kier alpha value is -1.99. The maximum Gasteiger partial charge on any atom is 0.206 e. The van der Waals surface area contributed by atoms with Crippen molar-refractivity contribution in [3.05, 3.63) is 53.6 Å². The molecule has 1 fully saturated rings. The van der Waals surface area contributed by atoms with Crippen molar-refractivity contribution >= 4 is 15.5 Å². The number of hydrogen-bond acceptors (Lipinski definition) is 4. The Bertz CT molecular complexity index is 942. The minimum atomic E-state index is -3.98. The van der Waals surface area contributed by atoms with Gasteiger partial charge in [-0.1, -0.05) is 0 Å². The second-order valence-corrected chi connectivity index (χ2v) is 8.89. The fourth-order valence-corrected chi connectivity index (χ4v) is 5.51. The van der Waals surface area contributed by atoms with Crippen molar-refractivity contribution in [2.75, 3.05) is 25.0 Å². The zero-order chi connectivity index (χ0) is 18.5. The van der Waals surface area contributed by atoms with Crippen LogP contribution in [-0.2, 0) is 9.84 Å². The highest BCUT2D eigenvalue weighted by molar-refractivity contribution is 7.91. The van der Waals surface area contributed by atoms with Gasteiger partial charge in [-0.05, 0) is 61.8 Å². The molecule has 2 aromatic rings. The number of sulfone groups is 1. The van der Waals surface area contributed by atoms with E-state index < -0.39 is 21.5 Å². The molecule has 1 saturated heterocycles. The summed E-state index contributed by atoms with van der Waals surface area (Å²) < 4.78 is 52.8. The third-order valence-corrected chi connectivity index (χ3v) is 7.18. The van der Waals surface area contributed by atoms with E-state index in [2.05, 4.69) is 10.2 Å². The molecular weight excluding hydrogens is 358 g/mol. The molecule has 2 atom stereocenters. The minimum absolute atomic E-state index is 0.0764. The van der Waals surface area contributed by atoms with E-state index in [0.717, 1.165) is 49.3 Å². The molecule has 0 bridgehead atoms. The predicted octanol–water partition coefficient (Wildman–Crippen LogP) is 3.08. The van der Waals surface area contributed by atoms with Gasteiger partial charge in [0.1, 0.15) is 11.6 Å². The fourth-order valence-electron chi connectivity index (χ4n) is 4.17. The van der Waals surface area contributed by atoms with Crippen LogP contribution in [0.5, 0.6) is 0 Å². The number of likely N-dealkylation sites (N-methyl/N-ethyl adjacent to an activating group) is 1. The molecule has 2 aliphatic rings. The van der Waals surface area contributed by atoms with E-state index in [1.807, 2.05) is 7.05 Å². The van der Waals surface area contributed by atoms with Crippen molar-refractivity contribution in [2.24, 2.45) is 0 Å². The molecule has 0 aromatic heterocycles. The van der Waals surface area contributed by atoms with Gasteiger partial charge in [0.15, 0.2) is 0 Å². The maximum atomic E-state index is 13.5. The number of anilines is 1. The maximum absolute atomic E-state index is 13.5. The van der Waals surface area contributed by atoms with Gasteiger partial charge in [0, 0.05) is 30.8 Å². The first kappa shape index (κ1) is 17.4. The summed E-state index contributed by atoms with van der Waals surface area (Å²) in [5.41, 5.74) is 2.03.